The molecular formula is C14H16BrNO2. The highest BCUT2D eigenvalue weighted by molar-refractivity contribution is 9.10. The average Bonchev–Trinajstić information content (AvgIpc) is 2.39. The molecule has 0 aliphatic carbocycles. The van der Waals surface area contributed by atoms with Crippen LogP contribution in [0, 0.1) is 0 Å². The number of hydrogen-bond donors (Lipinski definition) is 0. The van der Waals surface area contributed by atoms with Crippen molar-refractivity contribution in [3.05, 3.63) is 39.9 Å². The fourth-order valence-corrected chi connectivity index (χ4v) is 2.34. The van der Waals surface area contributed by atoms with E-state index in [-0.39, 0.29) is 5.91 Å². The van der Waals surface area contributed by atoms with E-state index in [1.807, 2.05) is 17.0 Å². The van der Waals surface area contributed by atoms with Crippen LogP contribution >= 0.6 is 15.9 Å². The molecule has 1 aliphatic rings. The Kier molecular flexibility index (Phi) is 4.07. The topological polar surface area (TPSA) is 29.5 Å². The van der Waals surface area contributed by atoms with Gasteiger partial charge in [-0.1, -0.05) is 11.6 Å². The van der Waals surface area contributed by atoms with E-state index in [9.17, 15) is 4.79 Å². The Labute approximate surface area is 116 Å². The predicted octanol–water partition coefficient (Wildman–Crippen LogP) is 3.25. The van der Waals surface area contributed by atoms with Crippen molar-refractivity contribution in [2.75, 3.05) is 20.2 Å². The van der Waals surface area contributed by atoms with Crippen molar-refractivity contribution in [1.29, 1.82) is 0 Å². The molecule has 0 N–H and O–H groups in total. The summed E-state index contributed by atoms with van der Waals surface area (Å²) in [5.41, 5.74) is 2.01. The van der Waals surface area contributed by atoms with E-state index in [0.29, 0.717) is 17.9 Å². The first-order chi connectivity index (χ1) is 8.61. The maximum atomic E-state index is 12.4. The number of amides is 1. The Morgan fingerprint density at radius 1 is 1.44 bits per heavy atom. The Bertz CT molecular complexity index is 497. The quantitative estimate of drug-likeness (QED) is 0.785. The van der Waals surface area contributed by atoms with Crippen LogP contribution in [0.5, 0.6) is 5.75 Å². The van der Waals surface area contributed by atoms with Crippen LogP contribution in [0.4, 0.5) is 0 Å². The van der Waals surface area contributed by atoms with Crippen LogP contribution in [0.25, 0.3) is 0 Å². The van der Waals surface area contributed by atoms with Crippen LogP contribution in [0.15, 0.2) is 34.3 Å². The van der Waals surface area contributed by atoms with Gasteiger partial charge < -0.3 is 9.64 Å². The molecule has 3 nitrogen and oxygen atoms in total. The highest BCUT2D eigenvalue weighted by Crippen LogP contribution is 2.24. The lowest BCUT2D eigenvalue weighted by Gasteiger charge is -2.26. The molecule has 0 bridgehead atoms. The lowest BCUT2D eigenvalue weighted by molar-refractivity contribution is 0.0767. The third-order valence-corrected chi connectivity index (χ3v) is 3.82. The number of benzene rings is 1. The minimum Gasteiger partial charge on any atom is -0.497 e. The van der Waals surface area contributed by atoms with Crippen molar-refractivity contribution in [2.45, 2.75) is 13.3 Å². The maximum absolute atomic E-state index is 12.4. The molecule has 1 aromatic carbocycles. The summed E-state index contributed by atoms with van der Waals surface area (Å²) in [6.45, 7) is 3.57. The summed E-state index contributed by atoms with van der Waals surface area (Å²) in [7, 11) is 1.60. The molecule has 0 fully saturated rings. The highest BCUT2D eigenvalue weighted by Gasteiger charge is 2.20. The van der Waals surface area contributed by atoms with E-state index in [1.165, 1.54) is 5.57 Å². The first-order valence-electron chi connectivity index (χ1n) is 5.90. The van der Waals surface area contributed by atoms with Crippen molar-refractivity contribution in [3.8, 4) is 5.75 Å². The number of carbonyl (C=O) groups excluding carboxylic acids is 1. The van der Waals surface area contributed by atoms with Gasteiger partial charge in [-0.2, -0.15) is 0 Å². The van der Waals surface area contributed by atoms with E-state index in [2.05, 4.69) is 28.9 Å². The number of methoxy groups -OCH3 is 1. The molecule has 1 aliphatic heterocycles. The molecule has 1 aromatic rings. The zero-order valence-corrected chi connectivity index (χ0v) is 12.2. The zero-order chi connectivity index (χ0) is 13.1. The first kappa shape index (κ1) is 13.1. The van der Waals surface area contributed by atoms with Gasteiger partial charge in [0.1, 0.15) is 5.75 Å². The number of rotatable bonds is 2. The molecule has 0 saturated heterocycles. The average molecular weight is 310 g/mol. The number of carbonyl (C=O) groups is 1. The fraction of sp³-hybridized carbons (Fsp3) is 0.357. The summed E-state index contributed by atoms with van der Waals surface area (Å²) in [5, 5.41) is 0. The molecule has 0 radical (unpaired) electrons. The Morgan fingerprint density at radius 2 is 2.22 bits per heavy atom. The van der Waals surface area contributed by atoms with Gasteiger partial charge in [0.25, 0.3) is 5.91 Å². The van der Waals surface area contributed by atoms with Gasteiger partial charge >= 0.3 is 0 Å². The third-order valence-electron chi connectivity index (χ3n) is 3.13. The molecule has 2 rings (SSSR count). The standard InChI is InChI=1S/C14H16BrNO2/c1-10-5-7-16(8-6-10)14(17)12-9-11(18-2)3-4-13(12)15/h3-5,9H,6-8H2,1-2H3. The minimum absolute atomic E-state index is 0.0459. The lowest BCUT2D eigenvalue weighted by atomic mass is 10.1. The Hall–Kier alpha value is -1.29. The summed E-state index contributed by atoms with van der Waals surface area (Å²) < 4.78 is 5.97. The highest BCUT2D eigenvalue weighted by atomic mass is 79.9. The number of nitrogens with zero attached hydrogens (tertiary/aromatic N) is 1. The van der Waals surface area contributed by atoms with Gasteiger partial charge in [0, 0.05) is 17.6 Å². The van der Waals surface area contributed by atoms with E-state index >= 15 is 0 Å². The monoisotopic (exact) mass is 309 g/mol. The second kappa shape index (κ2) is 5.57. The van der Waals surface area contributed by atoms with Crippen molar-refractivity contribution >= 4 is 21.8 Å². The van der Waals surface area contributed by atoms with Crippen LogP contribution < -0.4 is 4.74 Å². The molecular weight excluding hydrogens is 294 g/mol. The fourth-order valence-electron chi connectivity index (χ4n) is 1.92. The molecule has 0 atom stereocenters. The van der Waals surface area contributed by atoms with Gasteiger partial charge in [0.05, 0.1) is 12.7 Å². The van der Waals surface area contributed by atoms with Gasteiger partial charge in [-0.15, -0.1) is 0 Å². The molecule has 96 valence electrons. The SMILES string of the molecule is COc1ccc(Br)c(C(=O)N2CC=C(C)CC2)c1. The molecule has 0 spiro atoms. The summed E-state index contributed by atoms with van der Waals surface area (Å²) in [4.78, 5) is 14.3. The van der Waals surface area contributed by atoms with E-state index in [1.54, 1.807) is 13.2 Å². The number of ether oxygens (including phenoxy) is 1. The summed E-state index contributed by atoms with van der Waals surface area (Å²) in [5.74, 6) is 0.745. The van der Waals surface area contributed by atoms with Gasteiger partial charge in [-0.05, 0) is 47.5 Å². The van der Waals surface area contributed by atoms with Gasteiger partial charge in [0.2, 0.25) is 0 Å². The molecule has 1 heterocycles. The maximum Gasteiger partial charge on any atom is 0.255 e. The second-order valence-electron chi connectivity index (χ2n) is 4.40. The van der Waals surface area contributed by atoms with E-state index in [0.717, 1.165) is 17.4 Å². The van der Waals surface area contributed by atoms with Crippen molar-refractivity contribution < 1.29 is 9.53 Å². The van der Waals surface area contributed by atoms with Gasteiger partial charge in [-0.3, -0.25) is 4.79 Å². The van der Waals surface area contributed by atoms with Crippen LogP contribution in [-0.2, 0) is 0 Å². The third kappa shape index (κ3) is 2.75. The zero-order valence-electron chi connectivity index (χ0n) is 10.6. The summed E-state index contributed by atoms with van der Waals surface area (Å²) in [6, 6.07) is 5.45. The number of halogens is 1. The van der Waals surface area contributed by atoms with Gasteiger partial charge in [-0.25, -0.2) is 0 Å². The smallest absolute Gasteiger partial charge is 0.255 e. The normalized spacial score (nSPS) is 15.3. The van der Waals surface area contributed by atoms with Crippen LogP contribution in [-0.4, -0.2) is 31.0 Å². The largest absolute Gasteiger partial charge is 0.497 e. The van der Waals surface area contributed by atoms with Crippen LogP contribution in [0.1, 0.15) is 23.7 Å². The van der Waals surface area contributed by atoms with E-state index < -0.39 is 0 Å². The molecule has 0 saturated carbocycles. The van der Waals surface area contributed by atoms with Gasteiger partial charge in [0.15, 0.2) is 0 Å². The van der Waals surface area contributed by atoms with Crippen molar-refractivity contribution in [2.24, 2.45) is 0 Å². The minimum atomic E-state index is 0.0459. The van der Waals surface area contributed by atoms with E-state index in [4.69, 9.17) is 4.74 Å². The summed E-state index contributed by atoms with van der Waals surface area (Å²) in [6.07, 6.45) is 3.06. The molecule has 4 heteroatoms. The van der Waals surface area contributed by atoms with Crippen molar-refractivity contribution in [3.63, 3.8) is 0 Å². The predicted molar refractivity (Wildman–Crippen MR) is 75.0 cm³/mol. The Morgan fingerprint density at radius 3 is 2.83 bits per heavy atom. The summed E-state index contributed by atoms with van der Waals surface area (Å²) >= 11 is 3.42. The van der Waals surface area contributed by atoms with Crippen molar-refractivity contribution in [1.82, 2.24) is 4.90 Å². The van der Waals surface area contributed by atoms with Crippen LogP contribution in [0.2, 0.25) is 0 Å². The number of hydrogen-bond acceptors (Lipinski definition) is 2. The molecule has 0 aromatic heterocycles. The molecule has 1 amide bonds. The second-order valence-corrected chi connectivity index (χ2v) is 5.25. The lowest BCUT2D eigenvalue weighted by Crippen LogP contribution is -2.34. The Balaban J connectivity index is 2.23. The molecule has 18 heavy (non-hydrogen) atoms. The van der Waals surface area contributed by atoms with Crippen LogP contribution in [0.3, 0.4) is 0 Å². The first-order valence-corrected chi connectivity index (χ1v) is 6.69. The molecule has 0 unspecified atom stereocenters.